The highest BCUT2D eigenvalue weighted by atomic mass is 35.5. The first kappa shape index (κ1) is 24.8. The number of rotatable bonds is 6. The molecule has 184 valence electrons. The van der Waals surface area contributed by atoms with Crippen molar-refractivity contribution in [2.45, 2.75) is 38.5 Å². The average Bonchev–Trinajstić information content (AvgIpc) is 2.83. The number of ether oxygens (including phenoxy) is 3. The number of allylic oxidation sites excluding steroid dienone is 3. The van der Waals surface area contributed by atoms with Gasteiger partial charge in [-0.05, 0) is 56.0 Å². The van der Waals surface area contributed by atoms with Gasteiger partial charge in [-0.3, -0.25) is 4.79 Å². The second-order valence-corrected chi connectivity index (χ2v) is 8.89. The molecule has 2 aromatic carbocycles. The number of carbonyl (C=O) groups is 2. The van der Waals surface area contributed by atoms with E-state index in [1.807, 2.05) is 18.2 Å². The zero-order valence-electron chi connectivity index (χ0n) is 20.0. The molecule has 6 nitrogen and oxygen atoms in total. The second kappa shape index (κ2) is 10.1. The Morgan fingerprint density at radius 2 is 1.89 bits per heavy atom. The van der Waals surface area contributed by atoms with Crippen LogP contribution in [0.4, 0.5) is 4.39 Å². The van der Waals surface area contributed by atoms with Crippen molar-refractivity contribution in [3.8, 4) is 11.5 Å². The largest absolute Gasteiger partial charge is 0.493 e. The Bertz CT molecular complexity index is 1230. The van der Waals surface area contributed by atoms with Crippen LogP contribution >= 0.6 is 11.6 Å². The zero-order valence-corrected chi connectivity index (χ0v) is 20.8. The number of ketones is 1. The van der Waals surface area contributed by atoms with Crippen LogP contribution in [-0.4, -0.2) is 32.6 Å². The molecule has 2 aromatic rings. The first-order valence-electron chi connectivity index (χ1n) is 11.4. The van der Waals surface area contributed by atoms with Crippen molar-refractivity contribution in [3.63, 3.8) is 0 Å². The van der Waals surface area contributed by atoms with Crippen molar-refractivity contribution in [3.05, 3.63) is 80.9 Å². The Labute approximate surface area is 208 Å². The fourth-order valence-corrected chi connectivity index (χ4v) is 5.21. The summed E-state index contributed by atoms with van der Waals surface area (Å²) in [6, 6.07) is 9.91. The number of dihydropyridines is 1. The van der Waals surface area contributed by atoms with Crippen LogP contribution in [0.25, 0.3) is 0 Å². The normalized spacial score (nSPS) is 19.8. The molecule has 2 unspecified atom stereocenters. The van der Waals surface area contributed by atoms with Crippen LogP contribution in [-0.2, 0) is 14.3 Å². The molecule has 0 aromatic heterocycles. The lowest BCUT2D eigenvalue weighted by atomic mass is 9.71. The third-order valence-electron chi connectivity index (χ3n) is 6.49. The molecule has 4 rings (SSSR count). The zero-order chi connectivity index (χ0) is 25.3. The van der Waals surface area contributed by atoms with Crippen LogP contribution in [0.15, 0.2) is 58.9 Å². The van der Waals surface area contributed by atoms with Crippen molar-refractivity contribution >= 4 is 23.4 Å². The summed E-state index contributed by atoms with van der Waals surface area (Å²) in [5.74, 6) is -1.30. The van der Waals surface area contributed by atoms with E-state index in [0.29, 0.717) is 34.9 Å². The fourth-order valence-electron chi connectivity index (χ4n) is 4.94. The molecule has 0 saturated heterocycles. The summed E-state index contributed by atoms with van der Waals surface area (Å²) < 4.78 is 31.2. The minimum Gasteiger partial charge on any atom is -0.493 e. The minimum atomic E-state index is -0.960. The van der Waals surface area contributed by atoms with Gasteiger partial charge in [0.05, 0.1) is 32.3 Å². The second-order valence-electron chi connectivity index (χ2n) is 8.49. The van der Waals surface area contributed by atoms with E-state index in [4.69, 9.17) is 25.8 Å². The Kier molecular flexibility index (Phi) is 7.17. The molecule has 2 aliphatic rings. The lowest BCUT2D eigenvalue weighted by Gasteiger charge is -2.37. The summed E-state index contributed by atoms with van der Waals surface area (Å²) in [7, 11) is 3.12. The van der Waals surface area contributed by atoms with Crippen molar-refractivity contribution < 1.29 is 28.2 Å². The number of esters is 1. The first-order valence-corrected chi connectivity index (χ1v) is 11.7. The van der Waals surface area contributed by atoms with E-state index >= 15 is 4.39 Å². The topological polar surface area (TPSA) is 73.9 Å². The number of methoxy groups -OCH3 is 2. The van der Waals surface area contributed by atoms with Gasteiger partial charge in [-0.15, -0.1) is 0 Å². The maximum absolute atomic E-state index is 15.1. The maximum atomic E-state index is 15.1. The van der Waals surface area contributed by atoms with E-state index < -0.39 is 17.7 Å². The fraction of sp³-hybridized carbons (Fsp3) is 0.333. The Morgan fingerprint density at radius 1 is 1.14 bits per heavy atom. The lowest BCUT2D eigenvalue weighted by Crippen LogP contribution is -2.36. The van der Waals surface area contributed by atoms with E-state index in [9.17, 15) is 9.59 Å². The molecular formula is C27H27ClFNO5. The van der Waals surface area contributed by atoms with Gasteiger partial charge in [0.1, 0.15) is 5.82 Å². The summed E-state index contributed by atoms with van der Waals surface area (Å²) in [4.78, 5) is 26.6. The summed E-state index contributed by atoms with van der Waals surface area (Å²) in [6.45, 7) is 3.57. The average molecular weight is 500 g/mol. The molecule has 2 atom stereocenters. The van der Waals surface area contributed by atoms with Gasteiger partial charge in [0.2, 0.25) is 0 Å². The highest BCUT2D eigenvalue weighted by molar-refractivity contribution is 6.31. The lowest BCUT2D eigenvalue weighted by molar-refractivity contribution is -0.138. The molecule has 0 bridgehead atoms. The number of hydrogen-bond donors (Lipinski definition) is 1. The number of halogens is 2. The highest BCUT2D eigenvalue weighted by Gasteiger charge is 2.43. The van der Waals surface area contributed by atoms with Crippen LogP contribution < -0.4 is 14.8 Å². The predicted octanol–water partition coefficient (Wildman–Crippen LogP) is 5.42. The standard InChI is InChI=1S/C27H27ClFNO5/c1-5-35-27(32)23-14(2)30-19-11-16(15-9-10-21(33-3)22(13-15)34-4)12-20(31)25(19)26(23)24-17(28)7-6-8-18(24)29/h6-10,13,16,26,30H,5,11-12H2,1-4H3. The first-order chi connectivity index (χ1) is 16.8. The van der Waals surface area contributed by atoms with E-state index in [2.05, 4.69) is 5.32 Å². The monoisotopic (exact) mass is 499 g/mol. The number of nitrogens with one attached hydrogen (secondary N) is 1. The molecule has 0 fully saturated rings. The van der Waals surface area contributed by atoms with Gasteiger partial charge in [-0.2, -0.15) is 0 Å². The molecule has 8 heteroatoms. The summed E-state index contributed by atoms with van der Waals surface area (Å²) in [5.41, 5.74) is 2.72. The van der Waals surface area contributed by atoms with Gasteiger partial charge in [-0.1, -0.05) is 23.7 Å². The molecular weight excluding hydrogens is 473 g/mol. The summed E-state index contributed by atoms with van der Waals surface area (Å²) in [5, 5.41) is 3.39. The Balaban J connectivity index is 1.82. The molecule has 1 N–H and O–H groups in total. The molecule has 0 radical (unpaired) electrons. The number of Topliss-reactive ketones (excluding diaryl/α,β-unsaturated/α-hetero) is 1. The third-order valence-corrected chi connectivity index (χ3v) is 6.82. The van der Waals surface area contributed by atoms with Crippen LogP contribution in [0.1, 0.15) is 49.7 Å². The van der Waals surface area contributed by atoms with Gasteiger partial charge < -0.3 is 19.5 Å². The molecule has 0 saturated carbocycles. The summed E-state index contributed by atoms with van der Waals surface area (Å²) >= 11 is 6.43. The van der Waals surface area contributed by atoms with E-state index in [-0.39, 0.29) is 40.9 Å². The van der Waals surface area contributed by atoms with E-state index in [1.54, 1.807) is 34.1 Å². The predicted molar refractivity (Wildman–Crippen MR) is 130 cm³/mol. The SMILES string of the molecule is CCOC(=O)C1=C(C)NC2=C(C(=O)CC(c3ccc(OC)c(OC)c3)C2)C1c1c(F)cccc1Cl. The Hall–Kier alpha value is -3.32. The Morgan fingerprint density at radius 3 is 2.54 bits per heavy atom. The van der Waals surface area contributed by atoms with Gasteiger partial charge in [0.25, 0.3) is 0 Å². The van der Waals surface area contributed by atoms with Gasteiger partial charge in [0.15, 0.2) is 17.3 Å². The number of hydrogen-bond acceptors (Lipinski definition) is 6. The number of carbonyl (C=O) groups excluding carboxylic acids is 2. The highest BCUT2D eigenvalue weighted by Crippen LogP contribution is 2.48. The van der Waals surface area contributed by atoms with Gasteiger partial charge >= 0.3 is 5.97 Å². The van der Waals surface area contributed by atoms with Crippen molar-refractivity contribution in [2.75, 3.05) is 20.8 Å². The molecule has 1 aliphatic carbocycles. The minimum absolute atomic E-state index is 0.100. The van der Waals surface area contributed by atoms with Gasteiger partial charge in [0, 0.05) is 34.0 Å². The smallest absolute Gasteiger partial charge is 0.336 e. The molecule has 35 heavy (non-hydrogen) atoms. The van der Waals surface area contributed by atoms with Crippen LogP contribution in [0.5, 0.6) is 11.5 Å². The van der Waals surface area contributed by atoms with Crippen LogP contribution in [0.2, 0.25) is 5.02 Å². The number of benzene rings is 2. The van der Waals surface area contributed by atoms with Crippen molar-refractivity contribution in [1.29, 1.82) is 0 Å². The molecule has 0 amide bonds. The van der Waals surface area contributed by atoms with Crippen LogP contribution in [0, 0.1) is 5.82 Å². The molecule has 1 aliphatic heterocycles. The maximum Gasteiger partial charge on any atom is 0.336 e. The van der Waals surface area contributed by atoms with Crippen LogP contribution in [0.3, 0.4) is 0 Å². The van der Waals surface area contributed by atoms with E-state index in [1.165, 1.54) is 12.1 Å². The van der Waals surface area contributed by atoms with Crippen molar-refractivity contribution in [2.24, 2.45) is 0 Å². The molecule has 1 heterocycles. The van der Waals surface area contributed by atoms with E-state index in [0.717, 1.165) is 5.56 Å². The quantitative estimate of drug-likeness (QED) is 0.535. The van der Waals surface area contributed by atoms with Gasteiger partial charge in [-0.25, -0.2) is 9.18 Å². The third kappa shape index (κ3) is 4.52. The van der Waals surface area contributed by atoms with Crippen molar-refractivity contribution in [1.82, 2.24) is 5.32 Å². The summed E-state index contributed by atoms with van der Waals surface area (Å²) in [6.07, 6.45) is 0.681. The molecule has 0 spiro atoms.